The highest BCUT2D eigenvalue weighted by Gasteiger charge is 2.16. The lowest BCUT2D eigenvalue weighted by Crippen LogP contribution is -2.45. The minimum absolute atomic E-state index is 0.354. The van der Waals surface area contributed by atoms with Gasteiger partial charge in [-0.15, -0.1) is 11.6 Å². The van der Waals surface area contributed by atoms with E-state index in [2.05, 4.69) is 24.2 Å². The number of halogens is 1. The minimum Gasteiger partial charge on any atom is -0.374 e. The number of ether oxygens (including phenoxy) is 1. The molecule has 0 spiro atoms. The Kier molecular flexibility index (Phi) is 6.57. The molecule has 1 fully saturated rings. The molecule has 0 aromatic rings. The second-order valence-electron chi connectivity index (χ2n) is 4.50. The smallest absolute Gasteiger partial charge is 0.0826 e. The van der Waals surface area contributed by atoms with Gasteiger partial charge in [0.1, 0.15) is 0 Å². The van der Waals surface area contributed by atoms with Crippen LogP contribution in [0.5, 0.6) is 0 Å². The summed E-state index contributed by atoms with van der Waals surface area (Å²) in [6.07, 6.45) is 1.44. The van der Waals surface area contributed by atoms with Crippen LogP contribution in [-0.2, 0) is 4.74 Å². The van der Waals surface area contributed by atoms with E-state index in [9.17, 15) is 0 Å². The van der Waals surface area contributed by atoms with Gasteiger partial charge in [0.25, 0.3) is 0 Å². The number of rotatable bonds is 6. The monoisotopic (exact) mass is 234 g/mol. The average Bonchev–Trinajstić information content (AvgIpc) is 2.18. The van der Waals surface area contributed by atoms with E-state index < -0.39 is 0 Å². The molecular weight excluding hydrogens is 212 g/mol. The van der Waals surface area contributed by atoms with Crippen LogP contribution < -0.4 is 5.32 Å². The van der Waals surface area contributed by atoms with Crippen LogP contribution in [-0.4, -0.2) is 56.7 Å². The molecule has 1 heterocycles. The van der Waals surface area contributed by atoms with Crippen molar-refractivity contribution in [1.82, 2.24) is 10.2 Å². The summed E-state index contributed by atoms with van der Waals surface area (Å²) < 4.78 is 5.66. The van der Waals surface area contributed by atoms with E-state index in [1.807, 2.05) is 0 Å². The Morgan fingerprint density at radius 1 is 1.60 bits per heavy atom. The molecule has 15 heavy (non-hydrogen) atoms. The van der Waals surface area contributed by atoms with E-state index in [0.29, 0.717) is 12.0 Å². The number of hydrogen-bond acceptors (Lipinski definition) is 3. The fraction of sp³-hybridized carbons (Fsp3) is 1.00. The van der Waals surface area contributed by atoms with Gasteiger partial charge < -0.3 is 15.0 Å². The maximum absolute atomic E-state index is 5.68. The third-order valence-corrected chi connectivity index (χ3v) is 3.03. The van der Waals surface area contributed by atoms with Crippen molar-refractivity contribution in [3.05, 3.63) is 0 Å². The van der Waals surface area contributed by atoms with Gasteiger partial charge in [0.05, 0.1) is 12.7 Å². The second-order valence-corrected chi connectivity index (χ2v) is 4.87. The predicted molar refractivity (Wildman–Crippen MR) is 64.6 cm³/mol. The lowest BCUT2D eigenvalue weighted by atomic mass is 10.1. The zero-order valence-electron chi connectivity index (χ0n) is 9.84. The van der Waals surface area contributed by atoms with Gasteiger partial charge in [0, 0.05) is 25.5 Å². The van der Waals surface area contributed by atoms with E-state index in [4.69, 9.17) is 16.3 Å². The molecule has 0 aromatic heterocycles. The Labute approximate surface area is 98.1 Å². The number of morpholine rings is 1. The van der Waals surface area contributed by atoms with E-state index in [1.54, 1.807) is 0 Å². The van der Waals surface area contributed by atoms with Gasteiger partial charge in [-0.05, 0) is 25.9 Å². The van der Waals surface area contributed by atoms with Crippen LogP contribution in [0, 0.1) is 5.92 Å². The highest BCUT2D eigenvalue weighted by atomic mass is 35.5. The van der Waals surface area contributed by atoms with Gasteiger partial charge >= 0.3 is 0 Å². The Morgan fingerprint density at radius 2 is 2.40 bits per heavy atom. The van der Waals surface area contributed by atoms with Crippen LogP contribution in [0.2, 0.25) is 0 Å². The summed E-state index contributed by atoms with van der Waals surface area (Å²) in [7, 11) is 2.14. The molecular formula is C11H23ClN2O. The van der Waals surface area contributed by atoms with Crippen molar-refractivity contribution in [2.45, 2.75) is 19.4 Å². The number of likely N-dealkylation sites (N-methyl/N-ethyl adjacent to an activating group) is 1. The quantitative estimate of drug-likeness (QED) is 0.699. The van der Waals surface area contributed by atoms with Crippen molar-refractivity contribution in [2.75, 3.05) is 45.7 Å². The molecule has 0 bridgehead atoms. The Morgan fingerprint density at radius 3 is 3.07 bits per heavy atom. The molecule has 0 amide bonds. The first-order valence-corrected chi connectivity index (χ1v) is 6.32. The first kappa shape index (κ1) is 13.2. The molecule has 1 aliphatic heterocycles. The highest BCUT2D eigenvalue weighted by molar-refractivity contribution is 6.17. The van der Waals surface area contributed by atoms with Crippen LogP contribution in [0.3, 0.4) is 0 Å². The maximum Gasteiger partial charge on any atom is 0.0826 e. The summed E-state index contributed by atoms with van der Waals surface area (Å²) in [5.74, 6) is 1.41. The average molecular weight is 235 g/mol. The van der Waals surface area contributed by atoms with Crippen molar-refractivity contribution in [2.24, 2.45) is 5.92 Å². The van der Waals surface area contributed by atoms with E-state index in [0.717, 1.165) is 45.1 Å². The molecule has 1 rings (SSSR count). The van der Waals surface area contributed by atoms with Crippen molar-refractivity contribution in [3.8, 4) is 0 Å². The van der Waals surface area contributed by atoms with Crippen molar-refractivity contribution < 1.29 is 4.74 Å². The topological polar surface area (TPSA) is 24.5 Å². The number of hydrogen-bond donors (Lipinski definition) is 1. The Balaban J connectivity index is 2.03. The molecule has 1 N–H and O–H groups in total. The molecule has 0 saturated carbocycles. The molecule has 2 atom stereocenters. The summed E-state index contributed by atoms with van der Waals surface area (Å²) >= 11 is 5.68. The fourth-order valence-electron chi connectivity index (χ4n) is 1.77. The number of nitrogens with zero attached hydrogens (tertiary/aromatic N) is 1. The van der Waals surface area contributed by atoms with Crippen LogP contribution in [0.4, 0.5) is 0 Å². The normalized spacial score (nSPS) is 25.4. The molecule has 4 heteroatoms. The number of alkyl halides is 1. The zero-order valence-corrected chi connectivity index (χ0v) is 10.6. The Hall–Kier alpha value is 0.170. The van der Waals surface area contributed by atoms with E-state index in [1.165, 1.54) is 0 Å². The van der Waals surface area contributed by atoms with Gasteiger partial charge in [0.15, 0.2) is 0 Å². The summed E-state index contributed by atoms with van der Waals surface area (Å²) in [6.45, 7) is 7.17. The van der Waals surface area contributed by atoms with Crippen molar-refractivity contribution >= 4 is 11.6 Å². The van der Waals surface area contributed by atoms with E-state index >= 15 is 0 Å². The zero-order chi connectivity index (χ0) is 11.1. The molecule has 0 radical (unpaired) electrons. The van der Waals surface area contributed by atoms with Gasteiger partial charge in [-0.25, -0.2) is 0 Å². The third-order valence-electron chi connectivity index (χ3n) is 2.81. The van der Waals surface area contributed by atoms with Crippen LogP contribution in [0.1, 0.15) is 13.3 Å². The first-order chi connectivity index (χ1) is 7.22. The van der Waals surface area contributed by atoms with Gasteiger partial charge in [-0.3, -0.25) is 0 Å². The van der Waals surface area contributed by atoms with Crippen LogP contribution in [0.15, 0.2) is 0 Å². The molecule has 1 aliphatic rings. The standard InChI is InChI=1S/C11H23ClN2O/c1-10(3-4-12)7-13-8-11-9-14(2)5-6-15-11/h10-11,13H,3-9H2,1-2H3. The fourth-order valence-corrected chi connectivity index (χ4v) is 2.14. The Bertz CT molecular complexity index is 169. The summed E-state index contributed by atoms with van der Waals surface area (Å²) in [4.78, 5) is 2.32. The lowest BCUT2D eigenvalue weighted by Gasteiger charge is -2.30. The first-order valence-electron chi connectivity index (χ1n) is 5.79. The molecule has 3 nitrogen and oxygen atoms in total. The second kappa shape index (κ2) is 7.44. The van der Waals surface area contributed by atoms with Gasteiger partial charge in [-0.1, -0.05) is 6.92 Å². The number of nitrogens with one attached hydrogen (secondary N) is 1. The molecule has 1 saturated heterocycles. The van der Waals surface area contributed by atoms with Crippen molar-refractivity contribution in [3.63, 3.8) is 0 Å². The van der Waals surface area contributed by atoms with Crippen LogP contribution >= 0.6 is 11.6 Å². The third kappa shape index (κ3) is 5.71. The minimum atomic E-state index is 0.354. The van der Waals surface area contributed by atoms with Gasteiger partial charge in [0.2, 0.25) is 0 Å². The molecule has 0 aromatic carbocycles. The maximum atomic E-state index is 5.68. The summed E-state index contributed by atoms with van der Waals surface area (Å²) in [5.41, 5.74) is 0. The highest BCUT2D eigenvalue weighted by Crippen LogP contribution is 2.03. The summed E-state index contributed by atoms with van der Waals surface area (Å²) in [6, 6.07) is 0. The van der Waals surface area contributed by atoms with Crippen LogP contribution in [0.25, 0.3) is 0 Å². The molecule has 90 valence electrons. The molecule has 2 unspecified atom stereocenters. The molecule has 0 aliphatic carbocycles. The predicted octanol–water partition coefficient (Wildman–Crippen LogP) is 1.17. The largest absolute Gasteiger partial charge is 0.374 e. The lowest BCUT2D eigenvalue weighted by molar-refractivity contribution is -0.0183. The summed E-state index contributed by atoms with van der Waals surface area (Å²) in [5, 5.41) is 3.45. The van der Waals surface area contributed by atoms with Gasteiger partial charge in [-0.2, -0.15) is 0 Å². The van der Waals surface area contributed by atoms with E-state index in [-0.39, 0.29) is 0 Å². The SMILES string of the molecule is CC(CCCl)CNCC1CN(C)CCO1. The van der Waals surface area contributed by atoms with Crippen molar-refractivity contribution in [1.29, 1.82) is 0 Å².